The van der Waals surface area contributed by atoms with Crippen LogP contribution in [-0.2, 0) is 0 Å². The first-order valence-electron chi connectivity index (χ1n) is 5.55. The Morgan fingerprint density at radius 2 is 2.00 bits per heavy atom. The Bertz CT molecular complexity index is 562. The molecule has 0 saturated carbocycles. The summed E-state index contributed by atoms with van der Waals surface area (Å²) in [5, 5.41) is 2.81. The Kier molecular flexibility index (Phi) is 3.94. The summed E-state index contributed by atoms with van der Waals surface area (Å²) in [6, 6.07) is 3.39. The van der Waals surface area contributed by atoms with E-state index in [1.54, 1.807) is 6.92 Å². The molecule has 0 aliphatic rings. The third kappa shape index (κ3) is 3.18. The number of pyridine rings is 1. The molecule has 0 saturated heterocycles. The fraction of sp³-hybridized carbons (Fsp3) is 0.250. The van der Waals surface area contributed by atoms with Gasteiger partial charge in [-0.15, -0.1) is 0 Å². The second kappa shape index (κ2) is 5.64. The largest absolute Gasteiger partial charge is 0.362 e. The molecule has 0 aliphatic carbocycles. The van der Waals surface area contributed by atoms with Gasteiger partial charge in [-0.2, -0.15) is 0 Å². The van der Waals surface area contributed by atoms with Crippen LogP contribution in [0.25, 0.3) is 0 Å². The number of hydrogen-bond donors (Lipinski definition) is 1. The molecule has 0 unspecified atom stereocenters. The molecule has 2 aromatic heterocycles. The smallest absolute Gasteiger partial charge is 0.280 e. The predicted molar refractivity (Wildman–Crippen MR) is 63.2 cm³/mol. The standard InChI is InChI=1S/C12H11F3N4/c1-7(11-8(13)3-2-4-16-11)19-10-5-9(12(14)15)17-6-18-10/h2-7,12H,1H3,(H,17,18,19)/t7-/m1/s1. The normalized spacial score (nSPS) is 12.5. The number of anilines is 1. The van der Waals surface area contributed by atoms with Gasteiger partial charge in [-0.3, -0.25) is 4.98 Å². The predicted octanol–water partition coefficient (Wildman–Crippen LogP) is 3.12. The van der Waals surface area contributed by atoms with E-state index >= 15 is 0 Å². The highest BCUT2D eigenvalue weighted by Gasteiger charge is 2.14. The van der Waals surface area contributed by atoms with Gasteiger partial charge in [-0.05, 0) is 19.1 Å². The van der Waals surface area contributed by atoms with Gasteiger partial charge in [0.15, 0.2) is 0 Å². The monoisotopic (exact) mass is 268 g/mol. The molecule has 2 heterocycles. The Morgan fingerprint density at radius 3 is 2.68 bits per heavy atom. The maximum Gasteiger partial charge on any atom is 0.280 e. The number of halogens is 3. The molecule has 0 amide bonds. The van der Waals surface area contributed by atoms with Crippen LogP contribution in [0.2, 0.25) is 0 Å². The van der Waals surface area contributed by atoms with Gasteiger partial charge in [0, 0.05) is 12.3 Å². The van der Waals surface area contributed by atoms with Gasteiger partial charge in [-0.1, -0.05) is 0 Å². The average Bonchev–Trinajstić information content (AvgIpc) is 2.39. The molecule has 0 fully saturated rings. The first kappa shape index (κ1) is 13.3. The number of alkyl halides is 2. The van der Waals surface area contributed by atoms with Gasteiger partial charge in [0.25, 0.3) is 6.43 Å². The van der Waals surface area contributed by atoms with E-state index in [2.05, 4.69) is 20.3 Å². The minimum absolute atomic E-state index is 0.194. The van der Waals surface area contributed by atoms with Gasteiger partial charge in [0.2, 0.25) is 0 Å². The molecule has 0 radical (unpaired) electrons. The van der Waals surface area contributed by atoms with E-state index in [4.69, 9.17) is 0 Å². The van der Waals surface area contributed by atoms with E-state index in [0.29, 0.717) is 0 Å². The van der Waals surface area contributed by atoms with Crippen molar-refractivity contribution in [3.05, 3.63) is 47.9 Å². The molecular formula is C12H11F3N4. The quantitative estimate of drug-likeness (QED) is 0.925. The maximum absolute atomic E-state index is 13.5. The van der Waals surface area contributed by atoms with Gasteiger partial charge < -0.3 is 5.32 Å². The highest BCUT2D eigenvalue weighted by molar-refractivity contribution is 5.37. The second-order valence-electron chi connectivity index (χ2n) is 3.87. The Morgan fingerprint density at radius 1 is 1.21 bits per heavy atom. The lowest BCUT2D eigenvalue weighted by atomic mass is 10.2. The first-order valence-corrected chi connectivity index (χ1v) is 5.55. The lowest BCUT2D eigenvalue weighted by molar-refractivity contribution is 0.146. The molecule has 0 bridgehead atoms. The summed E-state index contributed by atoms with van der Waals surface area (Å²) >= 11 is 0. The van der Waals surface area contributed by atoms with Crippen molar-refractivity contribution in [3.8, 4) is 0 Å². The molecule has 1 N–H and O–H groups in total. The summed E-state index contributed by atoms with van der Waals surface area (Å²) in [5.74, 6) is -0.270. The van der Waals surface area contributed by atoms with Gasteiger partial charge >= 0.3 is 0 Å². The molecule has 100 valence electrons. The molecule has 0 aromatic carbocycles. The molecule has 4 nitrogen and oxygen atoms in total. The van der Waals surface area contributed by atoms with E-state index in [-0.39, 0.29) is 17.2 Å². The second-order valence-corrected chi connectivity index (χ2v) is 3.87. The third-order valence-electron chi connectivity index (χ3n) is 2.47. The van der Waals surface area contributed by atoms with E-state index in [1.165, 1.54) is 18.3 Å². The summed E-state index contributed by atoms with van der Waals surface area (Å²) in [4.78, 5) is 11.2. The highest BCUT2D eigenvalue weighted by atomic mass is 19.3. The van der Waals surface area contributed by atoms with Crippen molar-refractivity contribution in [2.75, 3.05) is 5.32 Å². The van der Waals surface area contributed by atoms with Crippen molar-refractivity contribution >= 4 is 5.82 Å². The zero-order valence-corrected chi connectivity index (χ0v) is 10.0. The number of rotatable bonds is 4. The van der Waals surface area contributed by atoms with Crippen molar-refractivity contribution in [2.24, 2.45) is 0 Å². The summed E-state index contributed by atoms with van der Waals surface area (Å²) in [5.41, 5.74) is -0.189. The van der Waals surface area contributed by atoms with Crippen LogP contribution in [-0.4, -0.2) is 15.0 Å². The Labute approximate surface area is 107 Å². The van der Waals surface area contributed by atoms with Crippen LogP contribution in [0.5, 0.6) is 0 Å². The fourth-order valence-corrected chi connectivity index (χ4v) is 1.58. The summed E-state index contributed by atoms with van der Waals surface area (Å²) < 4.78 is 38.5. The molecule has 7 heteroatoms. The zero-order chi connectivity index (χ0) is 13.8. The summed E-state index contributed by atoms with van der Waals surface area (Å²) in [6.45, 7) is 1.66. The molecule has 0 aliphatic heterocycles. The van der Waals surface area contributed by atoms with E-state index < -0.39 is 18.3 Å². The molecule has 2 rings (SSSR count). The van der Waals surface area contributed by atoms with Gasteiger partial charge in [-0.25, -0.2) is 23.1 Å². The number of nitrogens with one attached hydrogen (secondary N) is 1. The molecular weight excluding hydrogens is 257 g/mol. The van der Waals surface area contributed by atoms with Crippen molar-refractivity contribution in [3.63, 3.8) is 0 Å². The van der Waals surface area contributed by atoms with E-state index in [0.717, 1.165) is 12.4 Å². The molecule has 19 heavy (non-hydrogen) atoms. The van der Waals surface area contributed by atoms with Crippen LogP contribution >= 0.6 is 0 Å². The van der Waals surface area contributed by atoms with Crippen LogP contribution < -0.4 is 5.32 Å². The van der Waals surface area contributed by atoms with Crippen LogP contribution in [0.1, 0.15) is 30.8 Å². The summed E-state index contributed by atoms with van der Waals surface area (Å²) in [7, 11) is 0. The van der Waals surface area contributed by atoms with Crippen molar-refractivity contribution < 1.29 is 13.2 Å². The van der Waals surface area contributed by atoms with Crippen LogP contribution in [0, 0.1) is 5.82 Å². The Balaban J connectivity index is 2.17. The number of aromatic nitrogens is 3. The van der Waals surface area contributed by atoms with Crippen LogP contribution in [0.15, 0.2) is 30.7 Å². The van der Waals surface area contributed by atoms with Crippen LogP contribution in [0.3, 0.4) is 0 Å². The topological polar surface area (TPSA) is 50.7 Å². The first-order chi connectivity index (χ1) is 9.08. The Hall–Kier alpha value is -2.18. The third-order valence-corrected chi connectivity index (χ3v) is 2.47. The lowest BCUT2D eigenvalue weighted by Gasteiger charge is -2.14. The minimum atomic E-state index is -2.68. The van der Waals surface area contributed by atoms with Crippen molar-refractivity contribution in [1.29, 1.82) is 0 Å². The maximum atomic E-state index is 13.5. The zero-order valence-electron chi connectivity index (χ0n) is 10.0. The number of nitrogens with zero attached hydrogens (tertiary/aromatic N) is 3. The van der Waals surface area contributed by atoms with Crippen molar-refractivity contribution in [1.82, 2.24) is 15.0 Å². The SMILES string of the molecule is C[C@@H](Nc1cc(C(F)F)ncn1)c1ncccc1F. The number of hydrogen-bond acceptors (Lipinski definition) is 4. The minimum Gasteiger partial charge on any atom is -0.362 e. The van der Waals surface area contributed by atoms with Gasteiger partial charge in [0.1, 0.15) is 23.7 Å². The molecule has 0 spiro atoms. The highest BCUT2D eigenvalue weighted by Crippen LogP contribution is 2.21. The van der Waals surface area contributed by atoms with E-state index in [9.17, 15) is 13.2 Å². The molecule has 1 atom stereocenters. The van der Waals surface area contributed by atoms with Crippen molar-refractivity contribution in [2.45, 2.75) is 19.4 Å². The fourth-order valence-electron chi connectivity index (χ4n) is 1.58. The average molecular weight is 268 g/mol. The summed E-state index contributed by atoms with van der Waals surface area (Å²) in [6.07, 6.45) is -0.183. The van der Waals surface area contributed by atoms with E-state index in [1.807, 2.05) is 0 Å². The van der Waals surface area contributed by atoms with Crippen LogP contribution in [0.4, 0.5) is 19.0 Å². The van der Waals surface area contributed by atoms with Gasteiger partial charge in [0.05, 0.1) is 11.7 Å². The molecule has 2 aromatic rings. The lowest BCUT2D eigenvalue weighted by Crippen LogP contribution is -2.12.